The molecular weight excluding hydrogens is 574 g/mol. The van der Waals surface area contributed by atoms with Crippen LogP contribution in [0.1, 0.15) is 28.9 Å². The first-order valence-corrected chi connectivity index (χ1v) is 13.7. The third-order valence-electron chi connectivity index (χ3n) is 6.47. The number of aromatic nitrogens is 4. The Balaban J connectivity index is 1.87. The lowest BCUT2D eigenvalue weighted by atomic mass is 10.1. The van der Waals surface area contributed by atoms with Gasteiger partial charge in [0.15, 0.2) is 11.2 Å². The van der Waals surface area contributed by atoms with Gasteiger partial charge in [-0.25, -0.2) is 18.9 Å². The lowest BCUT2D eigenvalue weighted by Crippen LogP contribution is -2.38. The summed E-state index contributed by atoms with van der Waals surface area (Å²) >= 11 is 12.8. The van der Waals surface area contributed by atoms with Crippen LogP contribution in [0.5, 0.6) is 0 Å². The summed E-state index contributed by atoms with van der Waals surface area (Å²) in [5, 5.41) is 0.944. The van der Waals surface area contributed by atoms with Gasteiger partial charge in [-0.15, -0.1) is 0 Å². The zero-order chi connectivity index (χ0) is 28.6. The van der Waals surface area contributed by atoms with E-state index in [4.69, 9.17) is 37.4 Å². The molecule has 0 spiro atoms. The summed E-state index contributed by atoms with van der Waals surface area (Å²) in [6, 6.07) is 20.2. The summed E-state index contributed by atoms with van der Waals surface area (Å²) in [4.78, 5) is 44.5. The molecule has 5 rings (SSSR count). The average molecular weight is 597 g/mol. The van der Waals surface area contributed by atoms with Crippen LogP contribution in [0, 0.1) is 0 Å². The molecule has 3 aromatic carbocycles. The third-order valence-corrected chi connectivity index (χ3v) is 7.81. The molecule has 40 heavy (non-hydrogen) atoms. The third kappa shape index (κ3) is 4.86. The molecule has 2 unspecified atom stereocenters. The molecule has 0 aliphatic carbocycles. The zero-order valence-electron chi connectivity index (χ0n) is 21.6. The summed E-state index contributed by atoms with van der Waals surface area (Å²) in [7, 11) is 2.16. The number of ether oxygens (including phenoxy) is 1. The Hall–Kier alpha value is -3.75. The highest BCUT2D eigenvalue weighted by atomic mass is 35.5. The minimum Gasteiger partial charge on any atom is -0.465 e. The number of rotatable bonds is 7. The summed E-state index contributed by atoms with van der Waals surface area (Å²) in [5.74, 6) is -0.0976. The van der Waals surface area contributed by atoms with Crippen LogP contribution in [0.15, 0.2) is 82.4 Å². The highest BCUT2D eigenvalue weighted by Gasteiger charge is 2.27. The standard InChI is InChI=1S/C28H23Cl2N4O5P/c1-16(17-8-10-18(11-9-17)27(36)38-2)32-25-23(26(35)34(28(32)37)40-39-3)33(20-14-12-19(29)13-15-20)24(31-25)21-6-4-5-7-22(21)30/h4-16,40H,1-3H3. The zero-order valence-corrected chi connectivity index (χ0v) is 24.1. The largest absolute Gasteiger partial charge is 0.465 e. The van der Waals surface area contributed by atoms with Gasteiger partial charge in [-0.3, -0.25) is 13.9 Å². The van der Waals surface area contributed by atoms with Crippen LogP contribution in [0.25, 0.3) is 28.2 Å². The lowest BCUT2D eigenvalue weighted by Gasteiger charge is -2.18. The van der Waals surface area contributed by atoms with E-state index in [0.717, 1.165) is 4.34 Å². The number of carbonyl (C=O) groups is 1. The van der Waals surface area contributed by atoms with E-state index >= 15 is 0 Å². The van der Waals surface area contributed by atoms with Crippen LogP contribution in [-0.4, -0.2) is 38.6 Å². The van der Waals surface area contributed by atoms with Crippen molar-refractivity contribution in [3.05, 3.63) is 115 Å². The quantitative estimate of drug-likeness (QED) is 0.176. The summed E-state index contributed by atoms with van der Waals surface area (Å²) in [6.45, 7) is 1.81. The Morgan fingerprint density at radius 2 is 1.62 bits per heavy atom. The predicted octanol–water partition coefficient (Wildman–Crippen LogP) is 5.72. The van der Waals surface area contributed by atoms with Gasteiger partial charge in [-0.2, -0.15) is 0 Å². The Morgan fingerprint density at radius 3 is 2.25 bits per heavy atom. The van der Waals surface area contributed by atoms with Crippen LogP contribution < -0.4 is 11.2 Å². The number of benzene rings is 3. The fourth-order valence-corrected chi connectivity index (χ4v) is 5.41. The van der Waals surface area contributed by atoms with Crippen LogP contribution >= 0.6 is 32.2 Å². The average Bonchev–Trinajstić information content (AvgIpc) is 3.35. The number of imidazole rings is 1. The van der Waals surface area contributed by atoms with Gasteiger partial charge in [-0.1, -0.05) is 47.5 Å². The van der Waals surface area contributed by atoms with E-state index in [0.29, 0.717) is 38.2 Å². The second-order valence-electron chi connectivity index (χ2n) is 8.78. The Bertz CT molecular complexity index is 1850. The number of halogens is 2. The van der Waals surface area contributed by atoms with E-state index in [1.165, 1.54) is 18.8 Å². The van der Waals surface area contributed by atoms with Gasteiger partial charge in [0.05, 0.1) is 23.7 Å². The van der Waals surface area contributed by atoms with Gasteiger partial charge in [0.1, 0.15) is 14.8 Å². The molecule has 0 aliphatic rings. The van der Waals surface area contributed by atoms with E-state index in [-0.39, 0.29) is 11.2 Å². The number of hydrogen-bond acceptors (Lipinski definition) is 6. The maximum atomic E-state index is 13.9. The Morgan fingerprint density at radius 1 is 0.950 bits per heavy atom. The van der Waals surface area contributed by atoms with Crippen molar-refractivity contribution in [1.29, 1.82) is 0 Å². The molecule has 0 amide bonds. The summed E-state index contributed by atoms with van der Waals surface area (Å²) < 4.78 is 14.2. The number of fused-ring (bicyclic) bond motifs is 1. The molecule has 2 aromatic heterocycles. The first-order valence-electron chi connectivity index (χ1n) is 12.0. The molecule has 0 radical (unpaired) electrons. The molecule has 0 bridgehead atoms. The van der Waals surface area contributed by atoms with Crippen molar-refractivity contribution in [2.75, 3.05) is 14.2 Å². The Kier molecular flexibility index (Phi) is 7.92. The minimum atomic E-state index is -0.589. The number of nitrogens with zero attached hydrogens (tertiary/aromatic N) is 4. The maximum absolute atomic E-state index is 13.9. The van der Waals surface area contributed by atoms with Crippen molar-refractivity contribution < 1.29 is 14.1 Å². The second kappa shape index (κ2) is 11.4. The molecule has 12 heteroatoms. The van der Waals surface area contributed by atoms with Crippen LogP contribution in [0.2, 0.25) is 10.0 Å². The molecular formula is C28H23Cl2N4O5P. The highest BCUT2D eigenvalue weighted by molar-refractivity contribution is 7.30. The SMILES string of the molecule is COPn1c(=O)c2c(nc(-c3ccccc3Cl)n2-c2ccc(Cl)cc2)n(C(C)c2ccc(C(=O)OC)cc2)c1=O. The topological polar surface area (TPSA) is 97.4 Å². The number of carbonyl (C=O) groups excluding carboxylic acids is 1. The van der Waals surface area contributed by atoms with Gasteiger partial charge in [0.25, 0.3) is 5.56 Å². The van der Waals surface area contributed by atoms with E-state index < -0.39 is 32.2 Å². The highest BCUT2D eigenvalue weighted by Crippen LogP contribution is 2.33. The molecule has 0 N–H and O–H groups in total. The van der Waals surface area contributed by atoms with Crippen molar-refractivity contribution in [1.82, 2.24) is 18.5 Å². The van der Waals surface area contributed by atoms with Crippen molar-refractivity contribution in [2.45, 2.75) is 13.0 Å². The summed E-state index contributed by atoms with van der Waals surface area (Å²) in [5.41, 5.74) is 1.44. The normalized spacial score (nSPS) is 12.3. The van der Waals surface area contributed by atoms with Gasteiger partial charge in [0, 0.05) is 23.4 Å². The monoisotopic (exact) mass is 596 g/mol. The lowest BCUT2D eigenvalue weighted by molar-refractivity contribution is 0.0600. The van der Waals surface area contributed by atoms with Gasteiger partial charge >= 0.3 is 11.7 Å². The van der Waals surface area contributed by atoms with Crippen molar-refractivity contribution in [2.24, 2.45) is 0 Å². The number of esters is 1. The second-order valence-corrected chi connectivity index (χ2v) is 10.7. The van der Waals surface area contributed by atoms with Gasteiger partial charge in [0.2, 0.25) is 0 Å². The number of methoxy groups -OCH3 is 1. The smallest absolute Gasteiger partial charge is 0.338 e. The molecule has 0 saturated carbocycles. The molecule has 0 fully saturated rings. The molecule has 5 aromatic rings. The van der Waals surface area contributed by atoms with E-state index in [1.807, 2.05) is 13.0 Å². The molecule has 2 atom stereocenters. The first-order chi connectivity index (χ1) is 19.3. The van der Waals surface area contributed by atoms with Crippen molar-refractivity contribution in [3.8, 4) is 17.1 Å². The Labute approximate surface area is 240 Å². The van der Waals surface area contributed by atoms with Crippen LogP contribution in [0.3, 0.4) is 0 Å². The van der Waals surface area contributed by atoms with E-state index in [2.05, 4.69) is 0 Å². The molecule has 204 valence electrons. The molecule has 9 nitrogen and oxygen atoms in total. The van der Waals surface area contributed by atoms with Crippen molar-refractivity contribution >= 4 is 49.3 Å². The molecule has 0 saturated heterocycles. The number of hydrogen-bond donors (Lipinski definition) is 0. The minimum absolute atomic E-state index is 0.166. The molecule has 2 heterocycles. The fraction of sp³-hybridized carbons (Fsp3) is 0.143. The maximum Gasteiger partial charge on any atom is 0.338 e. The van der Waals surface area contributed by atoms with E-state index in [9.17, 15) is 14.4 Å². The van der Waals surface area contributed by atoms with Gasteiger partial charge < -0.3 is 9.26 Å². The first kappa shape index (κ1) is 27.8. The fourth-order valence-electron chi connectivity index (χ4n) is 4.51. The predicted molar refractivity (Wildman–Crippen MR) is 157 cm³/mol. The summed E-state index contributed by atoms with van der Waals surface area (Å²) in [6.07, 6.45) is 0. The van der Waals surface area contributed by atoms with Crippen LogP contribution in [0.4, 0.5) is 0 Å². The van der Waals surface area contributed by atoms with Crippen molar-refractivity contribution in [3.63, 3.8) is 0 Å². The van der Waals surface area contributed by atoms with E-state index in [1.54, 1.807) is 71.3 Å². The van der Waals surface area contributed by atoms with Crippen LogP contribution in [-0.2, 0) is 9.26 Å². The molecule has 0 aliphatic heterocycles. The van der Waals surface area contributed by atoms with Gasteiger partial charge in [-0.05, 0) is 61.0 Å².